The fraction of sp³-hybridized carbons (Fsp3) is 0.600. The minimum Gasteiger partial charge on any atom is -0.463 e. The van der Waals surface area contributed by atoms with Gasteiger partial charge in [0.1, 0.15) is 5.15 Å². The van der Waals surface area contributed by atoms with Crippen molar-refractivity contribution in [2.24, 2.45) is 0 Å². The van der Waals surface area contributed by atoms with Crippen molar-refractivity contribution in [3.05, 3.63) is 41.7 Å². The van der Waals surface area contributed by atoms with Gasteiger partial charge < -0.3 is 4.74 Å². The molecule has 0 saturated carbocycles. The summed E-state index contributed by atoms with van der Waals surface area (Å²) in [5.41, 5.74) is 1.16. The number of esters is 1. The SMILES string of the molecule is C=CC(=O)OCCCCCCCCCCCCc1cccnc1Cl. The second-order valence-electron chi connectivity index (χ2n) is 6.11. The first kappa shape index (κ1) is 20.7. The Hall–Kier alpha value is -1.35. The van der Waals surface area contributed by atoms with Crippen LogP contribution in [0.2, 0.25) is 5.15 Å². The zero-order chi connectivity index (χ0) is 17.5. The van der Waals surface area contributed by atoms with E-state index in [4.69, 9.17) is 16.3 Å². The highest BCUT2D eigenvalue weighted by Crippen LogP contribution is 2.16. The summed E-state index contributed by atoms with van der Waals surface area (Å²) in [7, 11) is 0. The Morgan fingerprint density at radius 3 is 2.21 bits per heavy atom. The minimum absolute atomic E-state index is 0.319. The van der Waals surface area contributed by atoms with Gasteiger partial charge in [-0.2, -0.15) is 0 Å². The molecule has 0 aromatic carbocycles. The first-order valence-corrected chi connectivity index (χ1v) is 9.50. The summed E-state index contributed by atoms with van der Waals surface area (Å²) in [5, 5.41) is 0.650. The van der Waals surface area contributed by atoms with Gasteiger partial charge in [0.15, 0.2) is 0 Å². The van der Waals surface area contributed by atoms with Gasteiger partial charge in [-0.05, 0) is 30.9 Å². The molecule has 0 atom stereocenters. The fourth-order valence-electron chi connectivity index (χ4n) is 2.67. The highest BCUT2D eigenvalue weighted by Gasteiger charge is 2.00. The van der Waals surface area contributed by atoms with Gasteiger partial charge in [-0.25, -0.2) is 9.78 Å². The fourth-order valence-corrected chi connectivity index (χ4v) is 2.88. The summed E-state index contributed by atoms with van der Waals surface area (Å²) in [6, 6.07) is 4.01. The number of unbranched alkanes of at least 4 members (excludes halogenated alkanes) is 9. The Morgan fingerprint density at radius 2 is 1.62 bits per heavy atom. The zero-order valence-corrected chi connectivity index (χ0v) is 15.4. The molecule has 0 spiro atoms. The van der Waals surface area contributed by atoms with Crippen LogP contribution in [0.4, 0.5) is 0 Å². The summed E-state index contributed by atoms with van der Waals surface area (Å²) in [4.78, 5) is 14.9. The van der Waals surface area contributed by atoms with E-state index in [0.717, 1.165) is 24.8 Å². The molecule has 1 aromatic rings. The van der Waals surface area contributed by atoms with Gasteiger partial charge in [-0.3, -0.25) is 0 Å². The van der Waals surface area contributed by atoms with Crippen LogP contribution in [-0.2, 0) is 16.0 Å². The highest BCUT2D eigenvalue weighted by molar-refractivity contribution is 6.30. The van der Waals surface area contributed by atoms with Crippen molar-refractivity contribution in [1.29, 1.82) is 0 Å². The van der Waals surface area contributed by atoms with Crippen molar-refractivity contribution < 1.29 is 9.53 Å². The number of aromatic nitrogens is 1. The third-order valence-electron chi connectivity index (χ3n) is 4.09. The minimum atomic E-state index is -0.319. The van der Waals surface area contributed by atoms with Gasteiger partial charge in [0.25, 0.3) is 0 Å². The second-order valence-corrected chi connectivity index (χ2v) is 6.47. The maximum atomic E-state index is 10.8. The Bertz CT molecular complexity index is 476. The molecule has 24 heavy (non-hydrogen) atoms. The lowest BCUT2D eigenvalue weighted by atomic mass is 10.0. The van der Waals surface area contributed by atoms with Crippen molar-refractivity contribution in [2.45, 2.75) is 70.6 Å². The summed E-state index contributed by atoms with van der Waals surface area (Å²) < 4.78 is 4.94. The summed E-state index contributed by atoms with van der Waals surface area (Å²) >= 11 is 6.05. The maximum absolute atomic E-state index is 10.8. The van der Waals surface area contributed by atoms with Crippen LogP contribution in [0.3, 0.4) is 0 Å². The number of aryl methyl sites for hydroxylation is 1. The van der Waals surface area contributed by atoms with Gasteiger partial charge in [0.2, 0.25) is 0 Å². The zero-order valence-electron chi connectivity index (χ0n) is 14.6. The topological polar surface area (TPSA) is 39.2 Å². The summed E-state index contributed by atoms with van der Waals surface area (Å²) in [5.74, 6) is -0.319. The Balaban J connectivity index is 1.82. The summed E-state index contributed by atoms with van der Waals surface area (Å²) in [6.07, 6.45) is 16.3. The third-order valence-corrected chi connectivity index (χ3v) is 4.43. The Labute approximate surface area is 151 Å². The molecule has 3 nitrogen and oxygen atoms in total. The van der Waals surface area contributed by atoms with E-state index < -0.39 is 0 Å². The van der Waals surface area contributed by atoms with E-state index in [-0.39, 0.29) is 5.97 Å². The van der Waals surface area contributed by atoms with Crippen LogP contribution < -0.4 is 0 Å². The van der Waals surface area contributed by atoms with Crippen molar-refractivity contribution >= 4 is 17.6 Å². The van der Waals surface area contributed by atoms with Crippen LogP contribution in [0.1, 0.15) is 69.8 Å². The normalized spacial score (nSPS) is 10.5. The predicted molar refractivity (Wildman–Crippen MR) is 100 cm³/mol. The monoisotopic (exact) mass is 351 g/mol. The van der Waals surface area contributed by atoms with Crippen LogP contribution in [0, 0.1) is 0 Å². The molecule has 4 heteroatoms. The molecule has 0 aliphatic carbocycles. The lowest BCUT2D eigenvalue weighted by molar-refractivity contribution is -0.137. The Morgan fingerprint density at radius 1 is 1.04 bits per heavy atom. The van der Waals surface area contributed by atoms with E-state index >= 15 is 0 Å². The molecule has 1 rings (SSSR count). The number of rotatable bonds is 14. The number of nitrogens with zero attached hydrogens (tertiary/aromatic N) is 1. The molecule has 0 aliphatic heterocycles. The number of carbonyl (C=O) groups excluding carboxylic acids is 1. The van der Waals surface area contributed by atoms with Crippen molar-refractivity contribution in [3.8, 4) is 0 Å². The molecule has 0 unspecified atom stereocenters. The quantitative estimate of drug-likeness (QED) is 0.181. The molecular weight excluding hydrogens is 322 g/mol. The molecule has 0 bridgehead atoms. The molecule has 0 radical (unpaired) electrons. The van der Waals surface area contributed by atoms with Crippen molar-refractivity contribution in [3.63, 3.8) is 0 Å². The van der Waals surface area contributed by atoms with Crippen LogP contribution >= 0.6 is 11.6 Å². The molecule has 0 fully saturated rings. The van der Waals surface area contributed by atoms with Crippen LogP contribution in [0.25, 0.3) is 0 Å². The number of carbonyl (C=O) groups is 1. The smallest absolute Gasteiger partial charge is 0.330 e. The van der Waals surface area contributed by atoms with Gasteiger partial charge in [0.05, 0.1) is 6.61 Å². The largest absolute Gasteiger partial charge is 0.463 e. The highest BCUT2D eigenvalue weighted by atomic mass is 35.5. The molecule has 0 amide bonds. The Kier molecular flexibility index (Phi) is 12.1. The van der Waals surface area contributed by atoms with Gasteiger partial charge >= 0.3 is 5.97 Å². The average Bonchev–Trinajstić information content (AvgIpc) is 2.60. The number of halogens is 1. The van der Waals surface area contributed by atoms with Crippen molar-refractivity contribution in [1.82, 2.24) is 4.98 Å². The molecule has 134 valence electrons. The number of ether oxygens (including phenoxy) is 1. The molecule has 0 N–H and O–H groups in total. The molecule has 1 aromatic heterocycles. The van der Waals surface area contributed by atoms with E-state index in [2.05, 4.69) is 17.6 Å². The van der Waals surface area contributed by atoms with Gasteiger partial charge in [-0.1, -0.05) is 75.6 Å². The molecule has 1 heterocycles. The van der Waals surface area contributed by atoms with E-state index in [0.29, 0.717) is 11.8 Å². The maximum Gasteiger partial charge on any atom is 0.330 e. The number of hydrogen-bond donors (Lipinski definition) is 0. The second kappa shape index (κ2) is 14.0. The molecule has 0 saturated heterocycles. The first-order chi connectivity index (χ1) is 11.7. The van der Waals surface area contributed by atoms with E-state index in [1.807, 2.05) is 6.07 Å². The van der Waals surface area contributed by atoms with E-state index in [9.17, 15) is 4.79 Å². The average molecular weight is 352 g/mol. The summed E-state index contributed by atoms with van der Waals surface area (Å²) in [6.45, 7) is 3.89. The van der Waals surface area contributed by atoms with Crippen molar-refractivity contribution in [2.75, 3.05) is 6.61 Å². The number of pyridine rings is 1. The number of hydrogen-bond acceptors (Lipinski definition) is 3. The van der Waals surface area contributed by atoms with Crippen LogP contribution in [0.5, 0.6) is 0 Å². The van der Waals surface area contributed by atoms with Gasteiger partial charge in [0, 0.05) is 12.3 Å². The first-order valence-electron chi connectivity index (χ1n) is 9.12. The lowest BCUT2D eigenvalue weighted by Crippen LogP contribution is -2.01. The van der Waals surface area contributed by atoms with E-state index in [1.165, 1.54) is 57.4 Å². The standard InChI is InChI=1S/C20H30ClNO2/c1-2-19(23)24-17-12-10-8-6-4-3-5-7-9-11-14-18-15-13-16-22-20(18)21/h2,13,15-16H,1,3-12,14,17H2. The van der Waals surface area contributed by atoms with E-state index in [1.54, 1.807) is 6.20 Å². The third kappa shape index (κ3) is 10.4. The molecular formula is C20H30ClNO2. The van der Waals surface area contributed by atoms with Gasteiger partial charge in [-0.15, -0.1) is 0 Å². The van der Waals surface area contributed by atoms with Crippen LogP contribution in [-0.4, -0.2) is 17.6 Å². The lowest BCUT2D eigenvalue weighted by Gasteiger charge is -2.04. The van der Waals surface area contributed by atoms with Crippen LogP contribution in [0.15, 0.2) is 31.0 Å². The molecule has 0 aliphatic rings. The predicted octanol–water partition coefficient (Wildman–Crippen LogP) is 5.91.